The molecule has 7 heteroatoms. The van der Waals surface area contributed by atoms with Gasteiger partial charge in [-0.15, -0.1) is 0 Å². The summed E-state index contributed by atoms with van der Waals surface area (Å²) in [5.74, 6) is -0.218. The molecule has 0 saturated carbocycles. The number of nitrogens with zero attached hydrogens (tertiary/aromatic N) is 3. The number of hydrogen-bond donors (Lipinski definition) is 1. The molecule has 1 aliphatic rings. The van der Waals surface area contributed by atoms with E-state index in [2.05, 4.69) is 11.9 Å². The van der Waals surface area contributed by atoms with E-state index in [0.29, 0.717) is 17.3 Å². The first kappa shape index (κ1) is 19.5. The lowest BCUT2D eigenvalue weighted by Gasteiger charge is -2.14. The van der Waals surface area contributed by atoms with E-state index in [-0.39, 0.29) is 13.0 Å². The molecule has 0 amide bonds. The van der Waals surface area contributed by atoms with Crippen molar-refractivity contribution in [2.24, 2.45) is 0 Å². The SMILES string of the molecule is CN1Cc2nn(Cc3cccc(OCCC(=O)O)c3)c(-c3ccccc3Cl)c2C1. The molecule has 1 aliphatic heterocycles. The van der Waals surface area contributed by atoms with E-state index in [4.69, 9.17) is 26.5 Å². The number of hydrogen-bond acceptors (Lipinski definition) is 4. The van der Waals surface area contributed by atoms with Crippen LogP contribution in [0.4, 0.5) is 0 Å². The lowest BCUT2D eigenvalue weighted by atomic mass is 10.1. The van der Waals surface area contributed by atoms with Crippen LogP contribution in [0, 0.1) is 0 Å². The Morgan fingerprint density at radius 2 is 2.03 bits per heavy atom. The number of carboxylic acid groups (broad SMARTS) is 1. The number of rotatable bonds is 7. The van der Waals surface area contributed by atoms with Gasteiger partial charge in [-0.1, -0.05) is 41.9 Å². The van der Waals surface area contributed by atoms with E-state index in [9.17, 15) is 4.79 Å². The number of carbonyl (C=O) groups is 1. The number of fused-ring (bicyclic) bond motifs is 1. The third-order valence-corrected chi connectivity index (χ3v) is 5.26. The Morgan fingerprint density at radius 3 is 2.83 bits per heavy atom. The molecule has 1 aromatic heterocycles. The van der Waals surface area contributed by atoms with Gasteiger partial charge in [-0.3, -0.25) is 14.4 Å². The number of carboxylic acids is 1. The number of halogens is 1. The number of aromatic nitrogens is 2. The van der Waals surface area contributed by atoms with Gasteiger partial charge in [-0.2, -0.15) is 5.10 Å². The van der Waals surface area contributed by atoms with Gasteiger partial charge in [0.05, 0.1) is 31.0 Å². The molecular formula is C22H22ClN3O3. The summed E-state index contributed by atoms with van der Waals surface area (Å²) in [4.78, 5) is 12.9. The highest BCUT2D eigenvalue weighted by Crippen LogP contribution is 2.36. The predicted molar refractivity (Wildman–Crippen MR) is 111 cm³/mol. The minimum atomic E-state index is -0.874. The molecular weight excluding hydrogens is 390 g/mol. The lowest BCUT2D eigenvalue weighted by Crippen LogP contribution is -2.13. The molecule has 150 valence electrons. The summed E-state index contributed by atoms with van der Waals surface area (Å²) >= 11 is 6.51. The van der Waals surface area contributed by atoms with Gasteiger partial charge in [0.2, 0.25) is 0 Å². The molecule has 6 nitrogen and oxygen atoms in total. The van der Waals surface area contributed by atoms with Crippen LogP contribution in [0.25, 0.3) is 11.3 Å². The molecule has 0 fully saturated rings. The maximum absolute atomic E-state index is 10.7. The highest BCUT2D eigenvalue weighted by molar-refractivity contribution is 6.33. The highest BCUT2D eigenvalue weighted by atomic mass is 35.5. The van der Waals surface area contributed by atoms with Gasteiger partial charge in [0, 0.05) is 29.2 Å². The van der Waals surface area contributed by atoms with E-state index in [1.165, 1.54) is 5.56 Å². The molecule has 0 spiro atoms. The first-order chi connectivity index (χ1) is 14.0. The Hall–Kier alpha value is -2.83. The molecule has 1 N–H and O–H groups in total. The summed E-state index contributed by atoms with van der Waals surface area (Å²) < 4.78 is 7.58. The summed E-state index contributed by atoms with van der Waals surface area (Å²) in [6.45, 7) is 2.38. The predicted octanol–water partition coefficient (Wildman–Crippen LogP) is 4.05. The summed E-state index contributed by atoms with van der Waals surface area (Å²) in [5, 5.41) is 14.3. The van der Waals surface area contributed by atoms with Crippen LogP contribution in [0.3, 0.4) is 0 Å². The minimum absolute atomic E-state index is 0.0275. The van der Waals surface area contributed by atoms with Crippen molar-refractivity contribution in [2.75, 3.05) is 13.7 Å². The maximum atomic E-state index is 10.7. The molecule has 2 aromatic carbocycles. The van der Waals surface area contributed by atoms with Crippen molar-refractivity contribution < 1.29 is 14.6 Å². The second kappa shape index (κ2) is 8.27. The van der Waals surface area contributed by atoms with Crippen molar-refractivity contribution in [2.45, 2.75) is 26.1 Å². The second-order valence-electron chi connectivity index (χ2n) is 7.22. The molecule has 0 atom stereocenters. The second-order valence-corrected chi connectivity index (χ2v) is 7.63. The topological polar surface area (TPSA) is 67.6 Å². The zero-order valence-electron chi connectivity index (χ0n) is 16.1. The molecule has 29 heavy (non-hydrogen) atoms. The van der Waals surface area contributed by atoms with Crippen molar-refractivity contribution in [1.82, 2.24) is 14.7 Å². The summed E-state index contributed by atoms with van der Waals surface area (Å²) in [6, 6.07) is 15.5. The van der Waals surface area contributed by atoms with Gasteiger partial charge in [0.1, 0.15) is 5.75 Å². The van der Waals surface area contributed by atoms with Crippen LogP contribution in [-0.4, -0.2) is 39.4 Å². The van der Waals surface area contributed by atoms with Gasteiger partial charge in [0.25, 0.3) is 0 Å². The van der Waals surface area contributed by atoms with Crippen molar-refractivity contribution in [3.8, 4) is 17.0 Å². The van der Waals surface area contributed by atoms with Crippen LogP contribution in [0.5, 0.6) is 5.75 Å². The fourth-order valence-electron chi connectivity index (χ4n) is 3.66. The Bertz CT molecular complexity index is 1050. The third kappa shape index (κ3) is 4.28. The molecule has 4 rings (SSSR count). The monoisotopic (exact) mass is 411 g/mol. The normalized spacial score (nSPS) is 13.4. The Labute approximate surface area is 174 Å². The number of ether oxygens (including phenoxy) is 1. The molecule has 0 saturated heterocycles. The van der Waals surface area contributed by atoms with Gasteiger partial charge in [-0.25, -0.2) is 0 Å². The number of aliphatic carboxylic acids is 1. The van der Waals surface area contributed by atoms with Gasteiger partial charge in [-0.05, 0) is 30.8 Å². The maximum Gasteiger partial charge on any atom is 0.306 e. The Balaban J connectivity index is 1.64. The van der Waals surface area contributed by atoms with Crippen LogP contribution in [0.2, 0.25) is 5.02 Å². The zero-order valence-corrected chi connectivity index (χ0v) is 16.9. The first-order valence-electron chi connectivity index (χ1n) is 9.47. The van der Waals surface area contributed by atoms with E-state index in [0.717, 1.165) is 35.6 Å². The molecule has 0 aliphatic carbocycles. The molecule has 0 radical (unpaired) electrons. The van der Waals surface area contributed by atoms with Crippen molar-refractivity contribution in [1.29, 1.82) is 0 Å². The fourth-order valence-corrected chi connectivity index (χ4v) is 3.88. The van der Waals surface area contributed by atoms with Crippen LogP contribution in [-0.2, 0) is 24.4 Å². The molecule has 3 aromatic rings. The third-order valence-electron chi connectivity index (χ3n) is 4.93. The van der Waals surface area contributed by atoms with E-state index in [1.807, 2.05) is 53.2 Å². The van der Waals surface area contributed by atoms with Crippen LogP contribution >= 0.6 is 11.6 Å². The van der Waals surface area contributed by atoms with E-state index < -0.39 is 5.97 Å². The Morgan fingerprint density at radius 1 is 1.21 bits per heavy atom. The van der Waals surface area contributed by atoms with E-state index >= 15 is 0 Å². The standard InChI is InChI=1S/C22H22ClN3O3/c1-25-13-18-20(14-25)24-26(22(18)17-7-2-3-8-19(17)23)12-15-5-4-6-16(11-15)29-10-9-21(27)28/h2-8,11H,9-10,12-14H2,1H3,(H,27,28). The first-order valence-corrected chi connectivity index (χ1v) is 9.84. The average molecular weight is 412 g/mol. The largest absolute Gasteiger partial charge is 0.493 e. The quantitative estimate of drug-likeness (QED) is 0.635. The molecule has 2 heterocycles. The summed E-state index contributed by atoms with van der Waals surface area (Å²) in [5.41, 5.74) is 5.35. The zero-order chi connectivity index (χ0) is 20.4. The molecule has 0 bridgehead atoms. The smallest absolute Gasteiger partial charge is 0.306 e. The Kier molecular flexibility index (Phi) is 5.56. The van der Waals surface area contributed by atoms with Gasteiger partial charge in [0.15, 0.2) is 0 Å². The highest BCUT2D eigenvalue weighted by Gasteiger charge is 2.27. The average Bonchev–Trinajstić information content (AvgIpc) is 3.18. The summed E-state index contributed by atoms with van der Waals surface area (Å²) in [7, 11) is 2.08. The van der Waals surface area contributed by atoms with Gasteiger partial charge >= 0.3 is 5.97 Å². The van der Waals surface area contributed by atoms with E-state index in [1.54, 1.807) is 0 Å². The minimum Gasteiger partial charge on any atom is -0.493 e. The number of benzene rings is 2. The van der Waals surface area contributed by atoms with Crippen molar-refractivity contribution in [3.05, 3.63) is 70.4 Å². The van der Waals surface area contributed by atoms with Crippen molar-refractivity contribution in [3.63, 3.8) is 0 Å². The van der Waals surface area contributed by atoms with Crippen LogP contribution in [0.1, 0.15) is 23.2 Å². The van der Waals surface area contributed by atoms with Crippen LogP contribution < -0.4 is 4.74 Å². The van der Waals surface area contributed by atoms with Crippen LogP contribution in [0.15, 0.2) is 48.5 Å². The fraction of sp³-hybridized carbons (Fsp3) is 0.273. The van der Waals surface area contributed by atoms with Gasteiger partial charge < -0.3 is 9.84 Å². The summed E-state index contributed by atoms with van der Waals surface area (Å²) in [6.07, 6.45) is -0.0275. The van der Waals surface area contributed by atoms with Crippen molar-refractivity contribution >= 4 is 17.6 Å². The lowest BCUT2D eigenvalue weighted by molar-refractivity contribution is -0.137. The molecule has 0 unspecified atom stereocenters.